The topological polar surface area (TPSA) is 0 Å². The minimum Gasteiger partial charge on any atom is -0.223 e. The maximum atomic E-state index is 14.0. The molecule has 0 heterocycles. The number of halogens is 20. The van der Waals surface area contributed by atoms with Gasteiger partial charge in [0.2, 0.25) is 0 Å². The molecule has 3 atom stereocenters. The molecule has 0 saturated heterocycles. The Morgan fingerprint density at radius 1 is 0.333 bits per heavy atom. The monoisotopic (exact) mass is 500 g/mol. The van der Waals surface area contributed by atoms with Crippen LogP contribution in [0, 0.1) is 0 Å². The summed E-state index contributed by atoms with van der Waals surface area (Å²) in [5, 5.41) is 0. The van der Waals surface area contributed by atoms with Crippen molar-refractivity contribution in [2.45, 2.75) is 59.2 Å². The summed E-state index contributed by atoms with van der Waals surface area (Å²) in [4.78, 5) is 0. The van der Waals surface area contributed by atoms with Crippen molar-refractivity contribution in [1.29, 1.82) is 0 Å². The van der Waals surface area contributed by atoms with Crippen LogP contribution in [0.5, 0.6) is 0 Å². The lowest BCUT2D eigenvalue weighted by Crippen LogP contribution is -2.94. The SMILES string of the molecule is FC(F)(F)C(F)(F)C1(F)C(F)(F)[C@](F)(C(F)(F)F)C(F)(F)[C@](F)(C(F)(F)F)C1(F)F. The molecule has 20 heteroatoms. The maximum absolute atomic E-state index is 14.0. The largest absolute Gasteiger partial charge is 0.457 e. The molecule has 0 aromatic heterocycles. The van der Waals surface area contributed by atoms with Gasteiger partial charge in [0.05, 0.1) is 0 Å². The zero-order valence-corrected chi connectivity index (χ0v) is 12.6. The van der Waals surface area contributed by atoms with Crippen LogP contribution >= 0.6 is 0 Å². The first-order valence-electron chi connectivity index (χ1n) is 6.28. The van der Waals surface area contributed by atoms with Gasteiger partial charge in [-0.2, -0.15) is 74.6 Å². The normalized spacial score (nSPS) is 37.2. The van der Waals surface area contributed by atoms with Crippen molar-refractivity contribution in [3.63, 3.8) is 0 Å². The van der Waals surface area contributed by atoms with E-state index in [1.54, 1.807) is 0 Å². The Kier molecular flexibility index (Phi) is 5.05. The van der Waals surface area contributed by atoms with Crippen LogP contribution in [0.4, 0.5) is 87.8 Å². The molecule has 1 rings (SSSR count). The lowest BCUT2D eigenvalue weighted by molar-refractivity contribution is -0.534. The predicted octanol–water partition coefficient (Wildman–Crippen LogP) is 6.35. The van der Waals surface area contributed by atoms with Gasteiger partial charge in [-0.3, -0.25) is 0 Å². The van der Waals surface area contributed by atoms with Crippen LogP contribution < -0.4 is 0 Å². The Morgan fingerprint density at radius 2 is 0.533 bits per heavy atom. The van der Waals surface area contributed by atoms with E-state index in [2.05, 4.69) is 0 Å². The molecule has 30 heavy (non-hydrogen) atoms. The summed E-state index contributed by atoms with van der Waals surface area (Å²) in [7, 11) is 0. The second kappa shape index (κ2) is 5.69. The fraction of sp³-hybridized carbons (Fsp3) is 1.00. The standard InChI is InChI=1S/C10F20/c11-1(7(20,21)10(28,29)30)4(14,15)2(12,8(22,23)24)6(18,19)3(13,5(1,16)17)9(25,26)27/t1?,2-,3+. The van der Waals surface area contributed by atoms with Gasteiger partial charge in [0.15, 0.2) is 0 Å². The van der Waals surface area contributed by atoms with Crippen LogP contribution in [0.2, 0.25) is 0 Å². The first-order valence-corrected chi connectivity index (χ1v) is 6.28. The van der Waals surface area contributed by atoms with Gasteiger partial charge >= 0.3 is 59.2 Å². The Morgan fingerprint density at radius 3 is 0.700 bits per heavy atom. The van der Waals surface area contributed by atoms with Crippen LogP contribution in [0.15, 0.2) is 0 Å². The number of rotatable bonds is 1. The third-order valence-electron chi connectivity index (χ3n) is 4.17. The number of hydrogen-bond donors (Lipinski definition) is 0. The summed E-state index contributed by atoms with van der Waals surface area (Å²) in [6.07, 6.45) is -25.3. The maximum Gasteiger partial charge on any atom is 0.457 e. The first kappa shape index (κ1) is 26.6. The summed E-state index contributed by atoms with van der Waals surface area (Å²) < 4.78 is 261. The van der Waals surface area contributed by atoms with Crippen molar-refractivity contribution >= 4 is 0 Å². The van der Waals surface area contributed by atoms with Crippen molar-refractivity contribution in [2.75, 3.05) is 0 Å². The highest BCUT2D eigenvalue weighted by Gasteiger charge is 3.11. The molecule has 0 spiro atoms. The second-order valence-electron chi connectivity index (χ2n) is 5.77. The lowest BCUT2D eigenvalue weighted by Gasteiger charge is -2.59. The minimum absolute atomic E-state index is 8.29. The first-order chi connectivity index (χ1) is 12.5. The van der Waals surface area contributed by atoms with Gasteiger partial charge < -0.3 is 0 Å². The van der Waals surface area contributed by atoms with Gasteiger partial charge in [-0.05, 0) is 0 Å². The summed E-state index contributed by atoms with van der Waals surface area (Å²) in [6, 6.07) is 0. The lowest BCUT2D eigenvalue weighted by atomic mass is 9.59. The molecule has 0 aromatic rings. The highest BCUT2D eigenvalue weighted by Crippen LogP contribution is 2.77. The molecule has 1 saturated carbocycles. The summed E-state index contributed by atoms with van der Waals surface area (Å²) in [5.41, 5.74) is -27.2. The third kappa shape index (κ3) is 2.22. The molecular formula is C10F20. The fourth-order valence-electron chi connectivity index (χ4n) is 2.61. The Labute approximate surface area is 148 Å². The predicted molar refractivity (Wildman–Crippen MR) is 49.5 cm³/mol. The molecule has 1 unspecified atom stereocenters. The quantitative estimate of drug-likeness (QED) is 0.369. The fourth-order valence-corrected chi connectivity index (χ4v) is 2.61. The van der Waals surface area contributed by atoms with E-state index in [0.29, 0.717) is 0 Å². The Bertz CT molecular complexity index is 648. The molecule has 1 aliphatic carbocycles. The van der Waals surface area contributed by atoms with Gasteiger partial charge in [-0.15, -0.1) is 0 Å². The molecule has 0 N–H and O–H groups in total. The van der Waals surface area contributed by atoms with Crippen LogP contribution in [-0.4, -0.2) is 59.2 Å². The molecule has 0 aromatic carbocycles. The van der Waals surface area contributed by atoms with Crippen molar-refractivity contribution in [2.24, 2.45) is 0 Å². The third-order valence-corrected chi connectivity index (χ3v) is 4.17. The van der Waals surface area contributed by atoms with E-state index in [1.165, 1.54) is 0 Å². The van der Waals surface area contributed by atoms with E-state index in [1.807, 2.05) is 0 Å². The van der Waals surface area contributed by atoms with E-state index in [4.69, 9.17) is 0 Å². The zero-order chi connectivity index (χ0) is 25.0. The molecule has 0 aliphatic heterocycles. The second-order valence-corrected chi connectivity index (χ2v) is 5.77. The molecule has 0 radical (unpaired) electrons. The van der Waals surface area contributed by atoms with Crippen molar-refractivity contribution in [3.05, 3.63) is 0 Å². The van der Waals surface area contributed by atoms with Crippen molar-refractivity contribution < 1.29 is 87.8 Å². The molecule has 0 amide bonds. The minimum atomic E-state index is -9.21. The zero-order valence-electron chi connectivity index (χ0n) is 12.6. The van der Waals surface area contributed by atoms with E-state index < -0.39 is 59.2 Å². The average molecular weight is 500 g/mol. The Hall–Kier alpha value is -1.40. The molecule has 0 bridgehead atoms. The van der Waals surface area contributed by atoms with Gasteiger partial charge in [0.1, 0.15) is 0 Å². The number of hydrogen-bond acceptors (Lipinski definition) is 0. The van der Waals surface area contributed by atoms with Crippen molar-refractivity contribution in [3.8, 4) is 0 Å². The summed E-state index contributed by atoms with van der Waals surface area (Å²) in [5.74, 6) is -35.9. The highest BCUT2D eigenvalue weighted by atomic mass is 19.4. The number of alkyl halides is 20. The molecule has 180 valence electrons. The summed E-state index contributed by atoms with van der Waals surface area (Å²) >= 11 is 0. The smallest absolute Gasteiger partial charge is 0.223 e. The van der Waals surface area contributed by atoms with Gasteiger partial charge in [0.25, 0.3) is 0 Å². The van der Waals surface area contributed by atoms with Gasteiger partial charge in [0, 0.05) is 0 Å². The van der Waals surface area contributed by atoms with Gasteiger partial charge in [-0.1, -0.05) is 0 Å². The van der Waals surface area contributed by atoms with E-state index in [9.17, 15) is 87.8 Å². The van der Waals surface area contributed by atoms with Crippen LogP contribution in [0.25, 0.3) is 0 Å². The van der Waals surface area contributed by atoms with Crippen LogP contribution in [0.3, 0.4) is 0 Å². The molecule has 1 aliphatic rings. The Balaban J connectivity index is 4.48. The van der Waals surface area contributed by atoms with Crippen molar-refractivity contribution in [1.82, 2.24) is 0 Å². The van der Waals surface area contributed by atoms with Gasteiger partial charge in [-0.25, -0.2) is 13.2 Å². The molecular weight excluding hydrogens is 500 g/mol. The molecule has 0 nitrogen and oxygen atoms in total. The highest BCUT2D eigenvalue weighted by molar-refractivity contribution is 5.38. The average Bonchev–Trinajstić information content (AvgIpc) is 2.46. The van der Waals surface area contributed by atoms with Crippen LogP contribution in [-0.2, 0) is 0 Å². The summed E-state index contributed by atoms with van der Waals surface area (Å²) in [6.45, 7) is 0. The van der Waals surface area contributed by atoms with E-state index >= 15 is 0 Å². The van der Waals surface area contributed by atoms with E-state index in [0.717, 1.165) is 0 Å². The van der Waals surface area contributed by atoms with Crippen LogP contribution in [0.1, 0.15) is 0 Å². The van der Waals surface area contributed by atoms with E-state index in [-0.39, 0.29) is 0 Å². The molecule has 1 fully saturated rings.